The average molecular weight is 230 g/mol. The maximum Gasteiger partial charge on any atom is 0.0641 e. The molecule has 0 spiro atoms. The number of rotatable bonds is 4. The van der Waals surface area contributed by atoms with Crippen molar-refractivity contribution in [3.8, 4) is 0 Å². The van der Waals surface area contributed by atoms with Crippen LogP contribution in [0.2, 0.25) is 0 Å². The van der Waals surface area contributed by atoms with Gasteiger partial charge in [-0.05, 0) is 31.5 Å². The molecule has 0 radical (unpaired) electrons. The fourth-order valence-corrected chi connectivity index (χ4v) is 1.92. The van der Waals surface area contributed by atoms with Crippen LogP contribution in [-0.4, -0.2) is 14.8 Å². The standard InChI is InChI=1S/C13H18N4/c1-10(13-9-17(3)16-11(13)2)15-8-12-4-6-14-7-5-12/h4-7,9-10,15H,8H2,1-3H3. The van der Waals surface area contributed by atoms with Crippen LogP contribution in [0.15, 0.2) is 30.7 Å². The summed E-state index contributed by atoms with van der Waals surface area (Å²) in [6, 6.07) is 4.35. The molecule has 0 aliphatic carbocycles. The van der Waals surface area contributed by atoms with Crippen LogP contribution >= 0.6 is 0 Å². The van der Waals surface area contributed by atoms with Crippen LogP contribution in [0.5, 0.6) is 0 Å². The molecule has 1 atom stereocenters. The van der Waals surface area contributed by atoms with Gasteiger partial charge in [0.2, 0.25) is 0 Å². The van der Waals surface area contributed by atoms with Gasteiger partial charge in [-0.2, -0.15) is 5.10 Å². The number of nitrogens with one attached hydrogen (secondary N) is 1. The highest BCUT2D eigenvalue weighted by molar-refractivity contribution is 5.19. The van der Waals surface area contributed by atoms with Gasteiger partial charge in [0.05, 0.1) is 5.69 Å². The summed E-state index contributed by atoms with van der Waals surface area (Å²) in [7, 11) is 1.95. The third-order valence-electron chi connectivity index (χ3n) is 2.88. The first-order valence-electron chi connectivity index (χ1n) is 5.79. The lowest BCUT2D eigenvalue weighted by molar-refractivity contribution is 0.571. The van der Waals surface area contributed by atoms with Crippen LogP contribution in [0.4, 0.5) is 0 Å². The smallest absolute Gasteiger partial charge is 0.0641 e. The minimum absolute atomic E-state index is 0.303. The molecule has 0 saturated carbocycles. The Morgan fingerprint density at radius 3 is 2.65 bits per heavy atom. The summed E-state index contributed by atoms with van der Waals surface area (Å²) in [5, 5.41) is 7.84. The van der Waals surface area contributed by atoms with E-state index in [4.69, 9.17) is 0 Å². The van der Waals surface area contributed by atoms with E-state index >= 15 is 0 Å². The molecule has 0 aliphatic heterocycles. The van der Waals surface area contributed by atoms with E-state index in [2.05, 4.69) is 28.5 Å². The molecule has 1 unspecified atom stereocenters. The van der Waals surface area contributed by atoms with Crippen molar-refractivity contribution >= 4 is 0 Å². The molecule has 0 aromatic carbocycles. The molecule has 0 aliphatic rings. The van der Waals surface area contributed by atoms with Crippen LogP contribution in [0.3, 0.4) is 0 Å². The van der Waals surface area contributed by atoms with E-state index in [1.165, 1.54) is 11.1 Å². The molecular formula is C13H18N4. The van der Waals surface area contributed by atoms with E-state index in [9.17, 15) is 0 Å². The molecule has 0 fully saturated rings. The molecule has 2 rings (SSSR count). The summed E-state index contributed by atoms with van der Waals surface area (Å²) < 4.78 is 1.86. The lowest BCUT2D eigenvalue weighted by atomic mass is 10.1. The molecule has 0 saturated heterocycles. The monoisotopic (exact) mass is 230 g/mol. The summed E-state index contributed by atoms with van der Waals surface area (Å²) in [5.41, 5.74) is 3.58. The van der Waals surface area contributed by atoms with E-state index < -0.39 is 0 Å². The molecule has 2 aromatic heterocycles. The molecule has 17 heavy (non-hydrogen) atoms. The largest absolute Gasteiger partial charge is 0.306 e. The Morgan fingerprint density at radius 1 is 1.35 bits per heavy atom. The Hall–Kier alpha value is -1.68. The number of hydrogen-bond acceptors (Lipinski definition) is 3. The lowest BCUT2D eigenvalue weighted by Crippen LogP contribution is -2.18. The minimum atomic E-state index is 0.303. The summed E-state index contributed by atoms with van der Waals surface area (Å²) in [5.74, 6) is 0. The van der Waals surface area contributed by atoms with Gasteiger partial charge in [-0.1, -0.05) is 0 Å². The quantitative estimate of drug-likeness (QED) is 0.873. The van der Waals surface area contributed by atoms with Crippen molar-refractivity contribution in [2.45, 2.75) is 26.4 Å². The summed E-state index contributed by atoms with van der Waals surface area (Å²) in [4.78, 5) is 4.01. The van der Waals surface area contributed by atoms with Crippen LogP contribution < -0.4 is 5.32 Å². The van der Waals surface area contributed by atoms with Crippen molar-refractivity contribution in [1.29, 1.82) is 0 Å². The molecule has 2 aromatic rings. The van der Waals surface area contributed by atoms with Crippen molar-refractivity contribution in [3.05, 3.63) is 47.5 Å². The zero-order valence-corrected chi connectivity index (χ0v) is 10.5. The number of aryl methyl sites for hydroxylation is 2. The Kier molecular flexibility index (Phi) is 3.54. The maximum absolute atomic E-state index is 4.35. The highest BCUT2D eigenvalue weighted by atomic mass is 15.3. The first kappa shape index (κ1) is 11.8. The Balaban J connectivity index is 1.98. The van der Waals surface area contributed by atoms with Gasteiger partial charge in [0.15, 0.2) is 0 Å². The van der Waals surface area contributed by atoms with Gasteiger partial charge in [-0.15, -0.1) is 0 Å². The number of pyridine rings is 1. The number of nitrogens with zero attached hydrogens (tertiary/aromatic N) is 3. The highest BCUT2D eigenvalue weighted by Crippen LogP contribution is 2.15. The van der Waals surface area contributed by atoms with Gasteiger partial charge in [0, 0.05) is 43.8 Å². The molecule has 4 nitrogen and oxygen atoms in total. The van der Waals surface area contributed by atoms with E-state index in [1.807, 2.05) is 43.2 Å². The van der Waals surface area contributed by atoms with Crippen molar-refractivity contribution in [3.63, 3.8) is 0 Å². The predicted octanol–water partition coefficient (Wildman–Crippen LogP) is 1.97. The lowest BCUT2D eigenvalue weighted by Gasteiger charge is -2.12. The third kappa shape index (κ3) is 2.91. The van der Waals surface area contributed by atoms with Gasteiger partial charge >= 0.3 is 0 Å². The van der Waals surface area contributed by atoms with Crippen molar-refractivity contribution in [1.82, 2.24) is 20.1 Å². The topological polar surface area (TPSA) is 42.7 Å². The first-order chi connectivity index (χ1) is 8.16. The zero-order chi connectivity index (χ0) is 12.3. The minimum Gasteiger partial charge on any atom is -0.306 e. The highest BCUT2D eigenvalue weighted by Gasteiger charge is 2.10. The Labute approximate surface area is 102 Å². The van der Waals surface area contributed by atoms with Crippen molar-refractivity contribution in [2.75, 3.05) is 0 Å². The van der Waals surface area contributed by atoms with Gasteiger partial charge in [0.25, 0.3) is 0 Å². The molecule has 4 heteroatoms. The molecule has 2 heterocycles. The van der Waals surface area contributed by atoms with Gasteiger partial charge in [0.1, 0.15) is 0 Å². The van der Waals surface area contributed by atoms with E-state index in [1.54, 1.807) is 0 Å². The average Bonchev–Trinajstić information content (AvgIpc) is 2.67. The number of aromatic nitrogens is 3. The van der Waals surface area contributed by atoms with Crippen molar-refractivity contribution < 1.29 is 0 Å². The van der Waals surface area contributed by atoms with Gasteiger partial charge in [-0.3, -0.25) is 9.67 Å². The fraction of sp³-hybridized carbons (Fsp3) is 0.385. The Bertz CT molecular complexity index is 475. The molecular weight excluding hydrogens is 212 g/mol. The second kappa shape index (κ2) is 5.10. The van der Waals surface area contributed by atoms with Gasteiger partial charge in [-0.25, -0.2) is 0 Å². The SMILES string of the molecule is Cc1nn(C)cc1C(C)NCc1ccncc1. The Morgan fingerprint density at radius 2 is 2.06 bits per heavy atom. The van der Waals surface area contributed by atoms with E-state index in [-0.39, 0.29) is 0 Å². The van der Waals surface area contributed by atoms with E-state index in [0.29, 0.717) is 6.04 Å². The summed E-state index contributed by atoms with van der Waals surface area (Å²) in [6.07, 6.45) is 5.70. The predicted molar refractivity (Wildman–Crippen MR) is 67.4 cm³/mol. The van der Waals surface area contributed by atoms with Gasteiger partial charge < -0.3 is 5.32 Å². The number of hydrogen-bond donors (Lipinski definition) is 1. The van der Waals surface area contributed by atoms with Crippen LogP contribution in [0.25, 0.3) is 0 Å². The summed E-state index contributed by atoms with van der Waals surface area (Å²) >= 11 is 0. The summed E-state index contributed by atoms with van der Waals surface area (Å²) in [6.45, 7) is 5.04. The second-order valence-corrected chi connectivity index (χ2v) is 4.30. The van der Waals surface area contributed by atoms with Crippen molar-refractivity contribution in [2.24, 2.45) is 7.05 Å². The van der Waals surface area contributed by atoms with Crippen LogP contribution in [0.1, 0.15) is 29.8 Å². The second-order valence-electron chi connectivity index (χ2n) is 4.30. The third-order valence-corrected chi connectivity index (χ3v) is 2.88. The maximum atomic E-state index is 4.35. The first-order valence-corrected chi connectivity index (χ1v) is 5.79. The van der Waals surface area contributed by atoms with Crippen LogP contribution in [-0.2, 0) is 13.6 Å². The molecule has 1 N–H and O–H groups in total. The fourth-order valence-electron chi connectivity index (χ4n) is 1.92. The van der Waals surface area contributed by atoms with E-state index in [0.717, 1.165) is 12.2 Å². The molecule has 0 amide bonds. The molecule has 0 bridgehead atoms. The normalized spacial score (nSPS) is 12.6. The molecule has 90 valence electrons. The van der Waals surface area contributed by atoms with Crippen LogP contribution in [0, 0.1) is 6.92 Å². The zero-order valence-electron chi connectivity index (χ0n) is 10.5.